The number of likely N-dealkylation sites (tertiary alicyclic amines) is 1. The molecule has 1 aliphatic heterocycles. The van der Waals surface area contributed by atoms with Crippen molar-refractivity contribution in [3.63, 3.8) is 0 Å². The lowest BCUT2D eigenvalue weighted by molar-refractivity contribution is 0.0202. The van der Waals surface area contributed by atoms with Gasteiger partial charge in [-0.3, -0.25) is 0 Å². The highest BCUT2D eigenvalue weighted by Gasteiger charge is 2.27. The van der Waals surface area contributed by atoms with E-state index in [0.29, 0.717) is 43.1 Å². The first-order valence-corrected chi connectivity index (χ1v) is 9.00. The molecule has 8 heteroatoms. The van der Waals surface area contributed by atoms with Crippen LogP contribution in [-0.2, 0) is 4.74 Å². The summed E-state index contributed by atoms with van der Waals surface area (Å²) in [5.74, 6) is 1.04. The van der Waals surface area contributed by atoms with Crippen molar-refractivity contribution in [3.05, 3.63) is 18.2 Å². The second kappa shape index (κ2) is 8.83. The zero-order chi connectivity index (χ0) is 20.0. The maximum atomic E-state index is 12.4. The largest absolute Gasteiger partial charge is 0.494 e. The lowest BCUT2D eigenvalue weighted by Gasteiger charge is -2.33. The van der Waals surface area contributed by atoms with Crippen LogP contribution in [-0.4, -0.2) is 56.0 Å². The molecule has 0 radical (unpaired) electrons. The summed E-state index contributed by atoms with van der Waals surface area (Å²) in [6.45, 7) is 6.61. The summed E-state index contributed by atoms with van der Waals surface area (Å²) in [4.78, 5) is 26.2. The summed E-state index contributed by atoms with van der Waals surface area (Å²) >= 11 is 0. The van der Waals surface area contributed by atoms with E-state index in [1.54, 1.807) is 23.1 Å². The Balaban J connectivity index is 1.87. The third-order valence-electron chi connectivity index (χ3n) is 4.15. The molecular formula is C19H29N3O5. The van der Waals surface area contributed by atoms with E-state index in [1.807, 2.05) is 20.8 Å². The number of hydrogen-bond acceptors (Lipinski definition) is 5. The minimum Gasteiger partial charge on any atom is -0.494 e. The zero-order valence-electron chi connectivity index (χ0n) is 16.6. The summed E-state index contributed by atoms with van der Waals surface area (Å²) in [7, 11) is 3.06. The molecular weight excluding hydrogens is 350 g/mol. The van der Waals surface area contributed by atoms with Crippen LogP contribution >= 0.6 is 0 Å². The van der Waals surface area contributed by atoms with Gasteiger partial charge in [-0.2, -0.15) is 0 Å². The maximum Gasteiger partial charge on any atom is 0.410 e. The highest BCUT2D eigenvalue weighted by Crippen LogP contribution is 2.34. The number of nitrogens with zero attached hydrogens (tertiary/aromatic N) is 1. The van der Waals surface area contributed by atoms with Crippen LogP contribution in [0.4, 0.5) is 15.3 Å². The second-order valence-electron chi connectivity index (χ2n) is 7.38. The molecule has 0 unspecified atom stereocenters. The van der Waals surface area contributed by atoms with E-state index in [9.17, 15) is 9.59 Å². The number of anilines is 1. The minimum absolute atomic E-state index is 0.0237. The van der Waals surface area contributed by atoms with Crippen molar-refractivity contribution < 1.29 is 23.8 Å². The number of piperidine rings is 1. The van der Waals surface area contributed by atoms with Gasteiger partial charge < -0.3 is 29.7 Å². The first kappa shape index (κ1) is 20.7. The predicted octanol–water partition coefficient (Wildman–Crippen LogP) is 3.22. The molecule has 1 fully saturated rings. The Labute approximate surface area is 160 Å². The summed E-state index contributed by atoms with van der Waals surface area (Å²) in [5.41, 5.74) is -0.0361. The van der Waals surface area contributed by atoms with Gasteiger partial charge in [0.05, 0.1) is 14.2 Å². The van der Waals surface area contributed by atoms with Gasteiger partial charge in [-0.05, 0) is 45.7 Å². The van der Waals surface area contributed by atoms with Crippen molar-refractivity contribution in [1.29, 1.82) is 0 Å². The molecule has 8 nitrogen and oxygen atoms in total. The average molecular weight is 379 g/mol. The Bertz CT molecular complexity index is 642. The van der Waals surface area contributed by atoms with Crippen molar-refractivity contribution in [3.8, 4) is 11.5 Å². The Morgan fingerprint density at radius 2 is 1.63 bits per heavy atom. The number of para-hydroxylation sites is 1. The first-order valence-electron chi connectivity index (χ1n) is 9.00. The average Bonchev–Trinajstić information content (AvgIpc) is 2.61. The lowest BCUT2D eigenvalue weighted by Crippen LogP contribution is -2.48. The predicted molar refractivity (Wildman–Crippen MR) is 103 cm³/mol. The van der Waals surface area contributed by atoms with Crippen LogP contribution in [0, 0.1) is 0 Å². The molecule has 150 valence electrons. The molecule has 1 saturated heterocycles. The van der Waals surface area contributed by atoms with Gasteiger partial charge in [0.25, 0.3) is 0 Å². The standard InChI is InChI=1S/C19H29N3O5/c1-19(2,3)27-18(24)22-11-9-13(10-12-22)20-17(23)21-16-14(25-4)7-6-8-15(16)26-5/h6-8,13H,9-12H2,1-5H3,(H2,20,21,23). The molecule has 1 aromatic rings. The molecule has 0 aliphatic carbocycles. The molecule has 0 saturated carbocycles. The topological polar surface area (TPSA) is 89.1 Å². The maximum absolute atomic E-state index is 12.4. The van der Waals surface area contributed by atoms with E-state index in [-0.39, 0.29) is 18.2 Å². The van der Waals surface area contributed by atoms with E-state index in [2.05, 4.69) is 10.6 Å². The number of amides is 3. The van der Waals surface area contributed by atoms with Crippen LogP contribution in [0.5, 0.6) is 11.5 Å². The normalized spacial score (nSPS) is 15.1. The van der Waals surface area contributed by atoms with Gasteiger partial charge in [0.2, 0.25) is 0 Å². The molecule has 0 atom stereocenters. The lowest BCUT2D eigenvalue weighted by atomic mass is 10.1. The summed E-state index contributed by atoms with van der Waals surface area (Å²) < 4.78 is 15.9. The molecule has 1 heterocycles. The van der Waals surface area contributed by atoms with Gasteiger partial charge in [-0.15, -0.1) is 0 Å². The highest BCUT2D eigenvalue weighted by molar-refractivity contribution is 5.93. The number of carbonyl (C=O) groups is 2. The molecule has 1 aromatic carbocycles. The molecule has 0 bridgehead atoms. The number of nitrogens with one attached hydrogen (secondary N) is 2. The number of hydrogen-bond donors (Lipinski definition) is 2. The van der Waals surface area contributed by atoms with Crippen LogP contribution in [0.25, 0.3) is 0 Å². The van der Waals surface area contributed by atoms with Crippen LogP contribution in [0.15, 0.2) is 18.2 Å². The Kier molecular flexibility index (Phi) is 6.76. The summed E-state index contributed by atoms with van der Waals surface area (Å²) in [6.07, 6.45) is 1.01. The zero-order valence-corrected chi connectivity index (χ0v) is 16.6. The van der Waals surface area contributed by atoms with Gasteiger partial charge in [-0.1, -0.05) is 6.07 Å². The monoisotopic (exact) mass is 379 g/mol. The fraction of sp³-hybridized carbons (Fsp3) is 0.579. The van der Waals surface area contributed by atoms with Gasteiger partial charge in [-0.25, -0.2) is 9.59 Å². The molecule has 0 aromatic heterocycles. The number of rotatable bonds is 4. The van der Waals surface area contributed by atoms with E-state index in [4.69, 9.17) is 14.2 Å². The third-order valence-corrected chi connectivity index (χ3v) is 4.15. The SMILES string of the molecule is COc1cccc(OC)c1NC(=O)NC1CCN(C(=O)OC(C)(C)C)CC1. The summed E-state index contributed by atoms with van der Waals surface area (Å²) in [6, 6.07) is 4.92. The fourth-order valence-electron chi connectivity index (χ4n) is 2.84. The van der Waals surface area contributed by atoms with Crippen molar-refractivity contribution in [1.82, 2.24) is 10.2 Å². The minimum atomic E-state index is -0.514. The summed E-state index contributed by atoms with van der Waals surface area (Å²) in [5, 5.41) is 5.73. The van der Waals surface area contributed by atoms with Crippen LogP contribution in [0.1, 0.15) is 33.6 Å². The van der Waals surface area contributed by atoms with E-state index < -0.39 is 5.60 Å². The molecule has 1 aliphatic rings. The van der Waals surface area contributed by atoms with Gasteiger partial charge in [0, 0.05) is 19.1 Å². The number of ether oxygens (including phenoxy) is 3. The molecule has 2 N–H and O–H groups in total. The van der Waals surface area contributed by atoms with E-state index in [0.717, 1.165) is 0 Å². The Hall–Kier alpha value is -2.64. The van der Waals surface area contributed by atoms with E-state index >= 15 is 0 Å². The van der Waals surface area contributed by atoms with Gasteiger partial charge >= 0.3 is 12.1 Å². The third kappa shape index (κ3) is 5.94. The number of urea groups is 1. The molecule has 27 heavy (non-hydrogen) atoms. The molecule has 2 rings (SSSR count). The van der Waals surface area contributed by atoms with Crippen molar-refractivity contribution in [2.24, 2.45) is 0 Å². The van der Waals surface area contributed by atoms with Crippen molar-refractivity contribution in [2.75, 3.05) is 32.6 Å². The number of benzene rings is 1. The Morgan fingerprint density at radius 1 is 1.07 bits per heavy atom. The van der Waals surface area contributed by atoms with E-state index in [1.165, 1.54) is 14.2 Å². The number of methoxy groups -OCH3 is 2. The molecule has 3 amide bonds. The molecule has 0 spiro atoms. The fourth-order valence-corrected chi connectivity index (χ4v) is 2.84. The van der Waals surface area contributed by atoms with Crippen molar-refractivity contribution >= 4 is 17.8 Å². The van der Waals surface area contributed by atoms with Crippen molar-refractivity contribution in [2.45, 2.75) is 45.3 Å². The first-order chi connectivity index (χ1) is 12.7. The number of carbonyl (C=O) groups excluding carboxylic acids is 2. The van der Waals surface area contributed by atoms with Crippen LogP contribution in [0.3, 0.4) is 0 Å². The smallest absolute Gasteiger partial charge is 0.410 e. The van der Waals surface area contributed by atoms with Gasteiger partial charge in [0.1, 0.15) is 22.8 Å². The second-order valence-corrected chi connectivity index (χ2v) is 7.38. The van der Waals surface area contributed by atoms with Crippen LogP contribution < -0.4 is 20.1 Å². The quantitative estimate of drug-likeness (QED) is 0.838. The van der Waals surface area contributed by atoms with Gasteiger partial charge in [0.15, 0.2) is 0 Å². The van der Waals surface area contributed by atoms with Crippen LogP contribution in [0.2, 0.25) is 0 Å². The highest BCUT2D eigenvalue weighted by atomic mass is 16.6. The Morgan fingerprint density at radius 3 is 2.11 bits per heavy atom.